The van der Waals surface area contributed by atoms with E-state index in [1.807, 2.05) is 29.3 Å². The Morgan fingerprint density at radius 3 is 3.00 bits per heavy atom. The standard InChI is InChI=1S/C15H19N3O2/c19-10-12-5-3-9-18(12)17-14-8-7-11-4-1-2-6-13(11)16-15(14)20/h1-2,4,6,10,12,14,17H,3,5,7-9H2,(H,16,20)/t12-,14+/m0/s1. The van der Waals surface area contributed by atoms with Crippen molar-refractivity contribution in [2.24, 2.45) is 0 Å². The SMILES string of the molecule is O=C[C@@H]1CCCN1N[C@@H]1CCc2ccccc2NC1=O. The number of carbonyl (C=O) groups excluding carboxylic acids is 2. The number of nitrogens with one attached hydrogen (secondary N) is 2. The average molecular weight is 273 g/mol. The van der Waals surface area contributed by atoms with E-state index in [0.717, 1.165) is 44.2 Å². The van der Waals surface area contributed by atoms with E-state index in [1.165, 1.54) is 5.56 Å². The third kappa shape index (κ3) is 2.59. The quantitative estimate of drug-likeness (QED) is 0.810. The predicted molar refractivity (Wildman–Crippen MR) is 76.1 cm³/mol. The largest absolute Gasteiger partial charge is 0.324 e. The number of amides is 1. The second kappa shape index (κ2) is 5.73. The zero-order chi connectivity index (χ0) is 13.9. The van der Waals surface area contributed by atoms with Crippen molar-refractivity contribution in [3.8, 4) is 0 Å². The maximum absolute atomic E-state index is 12.3. The van der Waals surface area contributed by atoms with Gasteiger partial charge in [-0.1, -0.05) is 18.2 Å². The number of hydrazine groups is 1. The summed E-state index contributed by atoms with van der Waals surface area (Å²) in [7, 11) is 0. The van der Waals surface area contributed by atoms with Gasteiger partial charge in [0.15, 0.2) is 0 Å². The van der Waals surface area contributed by atoms with Crippen molar-refractivity contribution in [1.82, 2.24) is 10.4 Å². The molecule has 0 bridgehead atoms. The highest BCUT2D eigenvalue weighted by atomic mass is 16.2. The smallest absolute Gasteiger partial charge is 0.242 e. The summed E-state index contributed by atoms with van der Waals surface area (Å²) < 4.78 is 0. The molecule has 0 radical (unpaired) electrons. The molecular formula is C15H19N3O2. The summed E-state index contributed by atoms with van der Waals surface area (Å²) in [6.45, 7) is 0.820. The fourth-order valence-electron chi connectivity index (χ4n) is 2.93. The minimum absolute atomic E-state index is 0.0218. The van der Waals surface area contributed by atoms with Crippen LogP contribution in [0.4, 0.5) is 5.69 Å². The number of anilines is 1. The molecule has 2 aliphatic heterocycles. The Bertz CT molecular complexity index is 518. The van der Waals surface area contributed by atoms with E-state index in [9.17, 15) is 9.59 Å². The number of benzene rings is 1. The molecule has 2 heterocycles. The summed E-state index contributed by atoms with van der Waals surface area (Å²) in [5.41, 5.74) is 5.30. The van der Waals surface area contributed by atoms with Crippen LogP contribution in [0.1, 0.15) is 24.8 Å². The van der Waals surface area contributed by atoms with Crippen LogP contribution in [0.5, 0.6) is 0 Å². The lowest BCUT2D eigenvalue weighted by Crippen LogP contribution is -2.52. The number of rotatable bonds is 3. The molecule has 2 aliphatic rings. The summed E-state index contributed by atoms with van der Waals surface area (Å²) in [6, 6.07) is 7.51. The van der Waals surface area contributed by atoms with Crippen LogP contribution in [0, 0.1) is 0 Å². The summed E-state index contributed by atoms with van der Waals surface area (Å²) in [5, 5.41) is 4.87. The van der Waals surface area contributed by atoms with Crippen LogP contribution in [-0.4, -0.2) is 35.8 Å². The minimum Gasteiger partial charge on any atom is -0.324 e. The highest BCUT2D eigenvalue weighted by Gasteiger charge is 2.30. The normalized spacial score (nSPS) is 26.7. The Hall–Kier alpha value is -1.72. The van der Waals surface area contributed by atoms with E-state index in [-0.39, 0.29) is 18.0 Å². The zero-order valence-electron chi connectivity index (χ0n) is 11.3. The molecule has 1 aromatic carbocycles. The number of hydrogen-bond acceptors (Lipinski definition) is 4. The fraction of sp³-hybridized carbons (Fsp3) is 0.467. The molecule has 0 spiro atoms. The number of aldehydes is 1. The van der Waals surface area contributed by atoms with Gasteiger partial charge >= 0.3 is 0 Å². The lowest BCUT2D eigenvalue weighted by Gasteiger charge is -2.26. The van der Waals surface area contributed by atoms with E-state index in [0.29, 0.717) is 0 Å². The Balaban J connectivity index is 1.70. The van der Waals surface area contributed by atoms with Crippen molar-refractivity contribution in [3.63, 3.8) is 0 Å². The zero-order valence-corrected chi connectivity index (χ0v) is 11.3. The Morgan fingerprint density at radius 2 is 2.15 bits per heavy atom. The second-order valence-corrected chi connectivity index (χ2v) is 5.41. The van der Waals surface area contributed by atoms with Crippen molar-refractivity contribution < 1.29 is 9.59 Å². The van der Waals surface area contributed by atoms with Gasteiger partial charge in [0.05, 0.1) is 6.04 Å². The molecular weight excluding hydrogens is 254 g/mol. The van der Waals surface area contributed by atoms with Gasteiger partial charge in [-0.3, -0.25) is 4.79 Å². The van der Waals surface area contributed by atoms with Crippen LogP contribution >= 0.6 is 0 Å². The first kappa shape index (κ1) is 13.3. The first-order valence-electron chi connectivity index (χ1n) is 7.15. The lowest BCUT2D eigenvalue weighted by molar-refractivity contribution is -0.121. The number of fused-ring (bicyclic) bond motifs is 1. The number of carbonyl (C=O) groups is 2. The molecule has 3 rings (SSSR count). The molecule has 2 atom stereocenters. The van der Waals surface area contributed by atoms with Crippen LogP contribution in [-0.2, 0) is 16.0 Å². The van der Waals surface area contributed by atoms with Crippen LogP contribution in [0.15, 0.2) is 24.3 Å². The van der Waals surface area contributed by atoms with Gasteiger partial charge in [0.25, 0.3) is 0 Å². The van der Waals surface area contributed by atoms with Gasteiger partial charge in [-0.05, 0) is 37.3 Å². The fourth-order valence-corrected chi connectivity index (χ4v) is 2.93. The third-order valence-corrected chi connectivity index (χ3v) is 4.07. The topological polar surface area (TPSA) is 61.4 Å². The maximum atomic E-state index is 12.3. The molecule has 5 heteroatoms. The van der Waals surface area contributed by atoms with Crippen molar-refractivity contribution >= 4 is 17.9 Å². The molecule has 0 aromatic heterocycles. The Labute approximate surface area is 118 Å². The van der Waals surface area contributed by atoms with Gasteiger partial charge in [-0.25, -0.2) is 10.4 Å². The number of nitrogens with zero attached hydrogens (tertiary/aromatic N) is 1. The monoisotopic (exact) mass is 273 g/mol. The molecule has 106 valence electrons. The van der Waals surface area contributed by atoms with Gasteiger partial charge in [0.1, 0.15) is 12.3 Å². The van der Waals surface area contributed by atoms with Crippen LogP contribution < -0.4 is 10.7 Å². The van der Waals surface area contributed by atoms with Crippen molar-refractivity contribution in [3.05, 3.63) is 29.8 Å². The van der Waals surface area contributed by atoms with Crippen molar-refractivity contribution in [1.29, 1.82) is 0 Å². The van der Waals surface area contributed by atoms with Crippen LogP contribution in [0.25, 0.3) is 0 Å². The second-order valence-electron chi connectivity index (χ2n) is 5.41. The molecule has 1 fully saturated rings. The van der Waals surface area contributed by atoms with Crippen molar-refractivity contribution in [2.75, 3.05) is 11.9 Å². The summed E-state index contributed by atoms with van der Waals surface area (Å²) in [5.74, 6) is -0.0218. The van der Waals surface area contributed by atoms with Gasteiger partial charge < -0.3 is 10.1 Å². The molecule has 0 saturated carbocycles. The number of hydrogen-bond donors (Lipinski definition) is 2. The average Bonchev–Trinajstić information content (AvgIpc) is 2.85. The molecule has 20 heavy (non-hydrogen) atoms. The van der Waals surface area contributed by atoms with E-state index >= 15 is 0 Å². The van der Waals surface area contributed by atoms with Gasteiger partial charge in [0.2, 0.25) is 5.91 Å². The lowest BCUT2D eigenvalue weighted by atomic mass is 10.1. The molecule has 1 amide bonds. The highest BCUT2D eigenvalue weighted by Crippen LogP contribution is 2.22. The van der Waals surface area contributed by atoms with Crippen LogP contribution in [0.2, 0.25) is 0 Å². The van der Waals surface area contributed by atoms with E-state index < -0.39 is 0 Å². The molecule has 1 aromatic rings. The molecule has 0 aliphatic carbocycles. The van der Waals surface area contributed by atoms with Crippen molar-refractivity contribution in [2.45, 2.75) is 37.8 Å². The number of para-hydroxylation sites is 1. The van der Waals surface area contributed by atoms with Gasteiger partial charge in [-0.15, -0.1) is 0 Å². The summed E-state index contributed by atoms with van der Waals surface area (Å²) >= 11 is 0. The first-order valence-corrected chi connectivity index (χ1v) is 7.15. The molecule has 1 saturated heterocycles. The summed E-state index contributed by atoms with van der Waals surface area (Å²) in [6.07, 6.45) is 4.41. The minimum atomic E-state index is -0.275. The number of aryl methyl sites for hydroxylation is 1. The van der Waals surface area contributed by atoms with Gasteiger partial charge in [0, 0.05) is 12.2 Å². The first-order chi connectivity index (χ1) is 9.78. The maximum Gasteiger partial charge on any atom is 0.242 e. The highest BCUT2D eigenvalue weighted by molar-refractivity contribution is 5.96. The van der Waals surface area contributed by atoms with Gasteiger partial charge in [-0.2, -0.15) is 0 Å². The molecule has 0 unspecified atom stereocenters. The third-order valence-electron chi connectivity index (χ3n) is 4.07. The molecule has 2 N–H and O–H groups in total. The van der Waals surface area contributed by atoms with Crippen LogP contribution in [0.3, 0.4) is 0 Å². The van der Waals surface area contributed by atoms with E-state index in [2.05, 4.69) is 10.7 Å². The Morgan fingerprint density at radius 1 is 1.30 bits per heavy atom. The predicted octanol–water partition coefficient (Wildman–Crippen LogP) is 1.11. The molecule has 5 nitrogen and oxygen atoms in total. The Kier molecular flexibility index (Phi) is 3.80. The van der Waals surface area contributed by atoms with E-state index in [1.54, 1.807) is 0 Å². The summed E-state index contributed by atoms with van der Waals surface area (Å²) in [4.78, 5) is 23.3. The van der Waals surface area contributed by atoms with E-state index in [4.69, 9.17) is 0 Å².